The molecule has 102 valence electrons. The molecule has 0 amide bonds. The molecule has 0 aromatic rings. The van der Waals surface area contributed by atoms with Crippen molar-refractivity contribution in [3.63, 3.8) is 0 Å². The molecule has 0 saturated heterocycles. The molecule has 2 rings (SSSR count). The highest BCUT2D eigenvalue weighted by Crippen LogP contribution is 2.65. The molecule has 2 aliphatic carbocycles. The molecule has 2 aliphatic rings. The van der Waals surface area contributed by atoms with Gasteiger partial charge in [-0.1, -0.05) is 31.9 Å². The van der Waals surface area contributed by atoms with Gasteiger partial charge >= 0.3 is 11.9 Å². The molecule has 2 N–H and O–H groups in total. The van der Waals surface area contributed by atoms with Gasteiger partial charge in [-0.15, -0.1) is 23.2 Å². The Labute approximate surface area is 130 Å². The van der Waals surface area contributed by atoms with E-state index in [2.05, 4.69) is 31.9 Å². The van der Waals surface area contributed by atoms with Gasteiger partial charge in [-0.3, -0.25) is 9.59 Å². The maximum absolute atomic E-state index is 11.2. The van der Waals surface area contributed by atoms with Crippen LogP contribution in [0.15, 0.2) is 0 Å². The quantitative estimate of drug-likeness (QED) is 0.668. The summed E-state index contributed by atoms with van der Waals surface area (Å²) in [7, 11) is 0. The molecule has 6 atom stereocenters. The predicted molar refractivity (Wildman–Crippen MR) is 73.5 cm³/mol. The average Bonchev–Trinajstić information content (AvgIpc) is 2.16. The highest BCUT2D eigenvalue weighted by molar-refractivity contribution is 9.13. The summed E-state index contributed by atoms with van der Waals surface area (Å²) in [6, 6.07) is 0. The van der Waals surface area contributed by atoms with E-state index in [-0.39, 0.29) is 11.8 Å². The number of alkyl halides is 4. The van der Waals surface area contributed by atoms with Crippen LogP contribution in [-0.4, -0.2) is 29.7 Å². The zero-order valence-corrected chi connectivity index (χ0v) is 13.6. The van der Waals surface area contributed by atoms with E-state index in [0.29, 0.717) is 12.8 Å². The molecule has 18 heavy (non-hydrogen) atoms. The van der Waals surface area contributed by atoms with Crippen LogP contribution in [0.1, 0.15) is 12.8 Å². The van der Waals surface area contributed by atoms with Crippen molar-refractivity contribution < 1.29 is 19.8 Å². The fourth-order valence-electron chi connectivity index (χ4n) is 3.04. The number of carboxylic acids is 2. The van der Waals surface area contributed by atoms with Crippen molar-refractivity contribution in [1.29, 1.82) is 0 Å². The topological polar surface area (TPSA) is 74.6 Å². The second kappa shape index (κ2) is 4.50. The Kier molecular flexibility index (Phi) is 3.72. The van der Waals surface area contributed by atoms with Crippen LogP contribution in [0.3, 0.4) is 0 Å². The van der Waals surface area contributed by atoms with E-state index in [1.807, 2.05) is 0 Å². The van der Waals surface area contributed by atoms with E-state index in [0.717, 1.165) is 0 Å². The first-order chi connectivity index (χ1) is 8.08. The van der Waals surface area contributed by atoms with E-state index < -0.39 is 31.3 Å². The maximum Gasteiger partial charge on any atom is 0.307 e. The molecule has 4 nitrogen and oxygen atoms in total. The molecule has 2 fully saturated rings. The molecule has 6 unspecified atom stereocenters. The van der Waals surface area contributed by atoms with Crippen molar-refractivity contribution >= 4 is 67.0 Å². The number of fused-ring (bicyclic) bond motifs is 1. The Hall–Kier alpha value is 0.480. The minimum Gasteiger partial charge on any atom is -0.481 e. The number of hydrogen-bond acceptors (Lipinski definition) is 2. The van der Waals surface area contributed by atoms with Crippen LogP contribution >= 0.6 is 55.1 Å². The molecule has 8 heteroatoms. The Morgan fingerprint density at radius 3 is 1.44 bits per heavy atom. The Bertz CT molecular complexity index is 375. The zero-order valence-electron chi connectivity index (χ0n) is 8.95. The minimum atomic E-state index is -1.08. The van der Waals surface area contributed by atoms with Crippen molar-refractivity contribution in [3.05, 3.63) is 0 Å². The van der Waals surface area contributed by atoms with E-state index >= 15 is 0 Å². The van der Waals surface area contributed by atoms with Crippen LogP contribution < -0.4 is 0 Å². The van der Waals surface area contributed by atoms with Crippen LogP contribution in [0.2, 0.25) is 0 Å². The van der Waals surface area contributed by atoms with E-state index in [1.54, 1.807) is 0 Å². The largest absolute Gasteiger partial charge is 0.481 e. The number of rotatable bonds is 2. The molecule has 2 saturated carbocycles. The Morgan fingerprint density at radius 2 is 1.22 bits per heavy atom. The van der Waals surface area contributed by atoms with Gasteiger partial charge < -0.3 is 10.2 Å². The van der Waals surface area contributed by atoms with Crippen LogP contribution in [-0.2, 0) is 9.59 Å². The molecule has 0 radical (unpaired) electrons. The highest BCUT2D eigenvalue weighted by Gasteiger charge is 2.66. The summed E-state index contributed by atoms with van der Waals surface area (Å²) in [5, 5.41) is 18.3. The van der Waals surface area contributed by atoms with Gasteiger partial charge in [-0.25, -0.2) is 0 Å². The van der Waals surface area contributed by atoms with Gasteiger partial charge in [-0.2, -0.15) is 0 Å². The minimum absolute atomic E-state index is 0.259. The van der Waals surface area contributed by atoms with Crippen LogP contribution in [0.4, 0.5) is 0 Å². The van der Waals surface area contributed by atoms with Gasteiger partial charge in [0.1, 0.15) is 7.57 Å². The van der Waals surface area contributed by atoms with E-state index in [4.69, 9.17) is 33.4 Å². The van der Waals surface area contributed by atoms with E-state index in [1.165, 1.54) is 0 Å². The first-order valence-electron chi connectivity index (χ1n) is 5.30. The van der Waals surface area contributed by atoms with Crippen LogP contribution in [0, 0.1) is 23.7 Å². The van der Waals surface area contributed by atoms with Crippen molar-refractivity contribution in [3.8, 4) is 0 Å². The summed E-state index contributed by atoms with van der Waals surface area (Å²) < 4.78 is -1.94. The highest BCUT2D eigenvalue weighted by atomic mass is 79.9. The smallest absolute Gasteiger partial charge is 0.307 e. The number of hydrogen-bond donors (Lipinski definition) is 2. The van der Waals surface area contributed by atoms with E-state index in [9.17, 15) is 9.59 Å². The van der Waals surface area contributed by atoms with Crippen molar-refractivity contribution in [2.45, 2.75) is 20.4 Å². The van der Waals surface area contributed by atoms with Gasteiger partial charge in [0.05, 0.1) is 11.8 Å². The van der Waals surface area contributed by atoms with Crippen molar-refractivity contribution in [1.82, 2.24) is 0 Å². The summed E-state index contributed by atoms with van der Waals surface area (Å²) in [5.41, 5.74) is 0. The molecule has 0 bridgehead atoms. The van der Waals surface area contributed by atoms with Crippen molar-refractivity contribution in [2.24, 2.45) is 23.7 Å². The summed E-state index contributed by atoms with van der Waals surface area (Å²) >= 11 is 19.1. The summed E-state index contributed by atoms with van der Waals surface area (Å²) in [4.78, 5) is 22.3. The van der Waals surface area contributed by atoms with Crippen molar-refractivity contribution in [2.75, 3.05) is 0 Å². The number of halogens is 4. The number of aliphatic carboxylic acids is 2. The lowest BCUT2D eigenvalue weighted by atomic mass is 9.51. The van der Waals surface area contributed by atoms with Crippen LogP contribution in [0.25, 0.3) is 0 Å². The standard InChI is InChI=1S/C10H10Br2Cl2O4/c11-9(13)1-3-4(2-10(9,12)14)6(8(17)18)5(3)7(15)16/h3-6H,1-2H2,(H,15,16)(H,17,18). The molecule has 0 aromatic heterocycles. The van der Waals surface area contributed by atoms with Gasteiger partial charge in [0, 0.05) is 0 Å². The van der Waals surface area contributed by atoms with Gasteiger partial charge in [0.25, 0.3) is 0 Å². The monoisotopic (exact) mass is 422 g/mol. The first kappa shape index (κ1) is 14.9. The third-order valence-electron chi connectivity index (χ3n) is 3.95. The third-order valence-corrected chi connectivity index (χ3v) is 7.99. The molecule has 0 aromatic carbocycles. The molecule has 0 spiro atoms. The maximum atomic E-state index is 11.2. The number of carboxylic acid groups (broad SMARTS) is 2. The second-order valence-electron chi connectivity index (χ2n) is 4.87. The Morgan fingerprint density at radius 1 is 0.944 bits per heavy atom. The molecule has 0 aliphatic heterocycles. The van der Waals surface area contributed by atoms with Gasteiger partial charge in [0.2, 0.25) is 0 Å². The lowest BCUT2D eigenvalue weighted by Crippen LogP contribution is -2.62. The summed E-state index contributed by atoms with van der Waals surface area (Å²) in [6.45, 7) is 0. The third kappa shape index (κ3) is 2.09. The lowest BCUT2D eigenvalue weighted by molar-refractivity contribution is -0.178. The lowest BCUT2D eigenvalue weighted by Gasteiger charge is -2.57. The zero-order chi connectivity index (χ0) is 13.9. The predicted octanol–water partition coefficient (Wildman–Crippen LogP) is 3.09. The van der Waals surface area contributed by atoms with Gasteiger partial charge in [-0.05, 0) is 24.7 Å². The molecule has 0 heterocycles. The van der Waals surface area contributed by atoms with Gasteiger partial charge in [0.15, 0.2) is 0 Å². The molecular weight excluding hydrogens is 415 g/mol. The second-order valence-corrected chi connectivity index (χ2v) is 9.78. The fourth-order valence-corrected chi connectivity index (χ4v) is 4.62. The first-order valence-corrected chi connectivity index (χ1v) is 7.64. The summed E-state index contributed by atoms with van der Waals surface area (Å²) in [6.07, 6.45) is 0.628. The average molecular weight is 425 g/mol. The number of carbonyl (C=O) groups is 2. The molecular formula is C10H10Br2Cl2O4. The SMILES string of the molecule is O=C(O)C1C2CC(Cl)(Br)C(Cl)(Br)CC2C1C(=O)O. The summed E-state index contributed by atoms with van der Waals surface area (Å²) in [5.74, 6) is -4.46. The normalized spacial score (nSPS) is 51.1. The fraction of sp³-hybridized carbons (Fsp3) is 0.800. The Balaban J connectivity index is 2.28. The van der Waals surface area contributed by atoms with Crippen LogP contribution in [0.5, 0.6) is 0 Å².